The van der Waals surface area contributed by atoms with E-state index < -0.39 is 0 Å². The third kappa shape index (κ3) is 3.23. The summed E-state index contributed by atoms with van der Waals surface area (Å²) in [7, 11) is 0. The molecule has 1 fully saturated rings. The summed E-state index contributed by atoms with van der Waals surface area (Å²) in [5, 5.41) is 4.44. The van der Waals surface area contributed by atoms with Crippen LogP contribution in [-0.2, 0) is 6.54 Å². The molecule has 1 aliphatic heterocycles. The molecule has 0 spiro atoms. The summed E-state index contributed by atoms with van der Waals surface area (Å²) < 4.78 is 0. The first kappa shape index (κ1) is 13.2. The van der Waals surface area contributed by atoms with Crippen molar-refractivity contribution >= 4 is 22.7 Å². The minimum Gasteiger partial charge on any atom is -0.296 e. The highest BCUT2D eigenvalue weighted by molar-refractivity contribution is 7.09. The van der Waals surface area contributed by atoms with Gasteiger partial charge in [-0.15, -0.1) is 11.3 Å². The van der Waals surface area contributed by atoms with Crippen LogP contribution in [0.1, 0.15) is 23.4 Å². The maximum absolute atomic E-state index is 4.15. The van der Waals surface area contributed by atoms with Gasteiger partial charge in [0, 0.05) is 49.8 Å². The topological polar surface area (TPSA) is 19.4 Å². The van der Waals surface area contributed by atoms with E-state index in [1.54, 1.807) is 22.7 Å². The average molecular weight is 293 g/mol. The van der Waals surface area contributed by atoms with Crippen LogP contribution >= 0.6 is 22.7 Å². The highest BCUT2D eigenvalue weighted by Crippen LogP contribution is 2.24. The lowest BCUT2D eigenvalue weighted by atomic mass is 10.1. The van der Waals surface area contributed by atoms with Crippen molar-refractivity contribution in [2.45, 2.75) is 19.5 Å². The van der Waals surface area contributed by atoms with Gasteiger partial charge in [0.2, 0.25) is 0 Å². The van der Waals surface area contributed by atoms with Gasteiger partial charge in [-0.1, -0.05) is 0 Å². The number of thiophene rings is 1. The monoisotopic (exact) mass is 293 g/mol. The van der Waals surface area contributed by atoms with E-state index in [0.29, 0.717) is 6.04 Å². The van der Waals surface area contributed by atoms with Crippen molar-refractivity contribution in [2.75, 3.05) is 26.2 Å². The number of hydrogen-bond donors (Lipinski definition) is 0. The molecule has 0 bridgehead atoms. The number of aromatic nitrogens is 1. The van der Waals surface area contributed by atoms with Gasteiger partial charge in [0.25, 0.3) is 0 Å². The predicted octanol–water partition coefficient (Wildman–Crippen LogP) is 3.08. The number of piperazine rings is 1. The predicted molar refractivity (Wildman–Crippen MR) is 81.7 cm³/mol. The third-order valence-electron chi connectivity index (χ3n) is 3.84. The molecule has 19 heavy (non-hydrogen) atoms. The first-order valence-corrected chi connectivity index (χ1v) is 8.51. The summed E-state index contributed by atoms with van der Waals surface area (Å²) in [6.07, 6.45) is 1.99. The second-order valence-corrected chi connectivity index (χ2v) is 6.76. The van der Waals surface area contributed by atoms with Crippen molar-refractivity contribution in [3.63, 3.8) is 0 Å². The third-order valence-corrected chi connectivity index (χ3v) is 5.31. The molecule has 2 aromatic heterocycles. The van der Waals surface area contributed by atoms with Gasteiger partial charge in [0.15, 0.2) is 0 Å². The van der Waals surface area contributed by atoms with Gasteiger partial charge in [-0.25, -0.2) is 0 Å². The van der Waals surface area contributed by atoms with Gasteiger partial charge in [0.1, 0.15) is 0 Å². The molecule has 3 nitrogen and oxygen atoms in total. The molecule has 5 heteroatoms. The van der Waals surface area contributed by atoms with E-state index in [9.17, 15) is 0 Å². The molecule has 0 saturated carbocycles. The Morgan fingerprint density at radius 2 is 2.16 bits per heavy atom. The second-order valence-electron chi connectivity index (χ2n) is 5.01. The van der Waals surface area contributed by atoms with E-state index in [0.717, 1.165) is 32.7 Å². The van der Waals surface area contributed by atoms with Crippen LogP contribution in [0.4, 0.5) is 0 Å². The molecule has 2 aromatic rings. The number of rotatable bonds is 4. The Hall–Kier alpha value is -0.750. The largest absolute Gasteiger partial charge is 0.296 e. The quantitative estimate of drug-likeness (QED) is 0.863. The maximum atomic E-state index is 4.15. The summed E-state index contributed by atoms with van der Waals surface area (Å²) in [6, 6.07) is 2.80. The molecule has 0 amide bonds. The lowest BCUT2D eigenvalue weighted by molar-refractivity contribution is 0.0986. The fraction of sp³-hybridized carbons (Fsp3) is 0.500. The molecule has 0 radical (unpaired) electrons. The van der Waals surface area contributed by atoms with E-state index in [4.69, 9.17) is 0 Å². The zero-order valence-corrected chi connectivity index (χ0v) is 12.8. The van der Waals surface area contributed by atoms with Crippen molar-refractivity contribution in [1.82, 2.24) is 14.8 Å². The molecule has 3 rings (SSSR count). The molecule has 0 N–H and O–H groups in total. The average Bonchev–Trinajstić information content (AvgIpc) is 3.12. The van der Waals surface area contributed by atoms with Gasteiger partial charge >= 0.3 is 0 Å². The Bertz CT molecular complexity index is 473. The van der Waals surface area contributed by atoms with Crippen molar-refractivity contribution < 1.29 is 0 Å². The van der Waals surface area contributed by atoms with E-state index in [1.807, 2.05) is 11.7 Å². The van der Waals surface area contributed by atoms with Gasteiger partial charge in [0.05, 0.1) is 5.51 Å². The second kappa shape index (κ2) is 6.13. The van der Waals surface area contributed by atoms with Crippen molar-refractivity contribution in [1.29, 1.82) is 0 Å². The summed E-state index contributed by atoms with van der Waals surface area (Å²) >= 11 is 3.55. The zero-order chi connectivity index (χ0) is 13.1. The van der Waals surface area contributed by atoms with Crippen LogP contribution in [0.5, 0.6) is 0 Å². The lowest BCUT2D eigenvalue weighted by Crippen LogP contribution is -2.46. The zero-order valence-electron chi connectivity index (χ0n) is 11.2. The normalized spacial score (nSPS) is 19.6. The molecular weight excluding hydrogens is 274 g/mol. The van der Waals surface area contributed by atoms with Crippen molar-refractivity contribution in [2.24, 2.45) is 0 Å². The number of nitrogens with zero attached hydrogens (tertiary/aromatic N) is 3. The summed E-state index contributed by atoms with van der Waals surface area (Å²) in [6.45, 7) is 8.02. The molecule has 0 unspecified atom stereocenters. The lowest BCUT2D eigenvalue weighted by Gasteiger charge is -2.37. The Morgan fingerprint density at radius 1 is 1.32 bits per heavy atom. The van der Waals surface area contributed by atoms with Crippen molar-refractivity contribution in [3.8, 4) is 0 Å². The first-order valence-electron chi connectivity index (χ1n) is 6.69. The van der Waals surface area contributed by atoms with E-state index in [-0.39, 0.29) is 0 Å². The van der Waals surface area contributed by atoms with Gasteiger partial charge < -0.3 is 0 Å². The number of thiazole rings is 1. The van der Waals surface area contributed by atoms with Crippen LogP contribution in [0, 0.1) is 0 Å². The van der Waals surface area contributed by atoms with Crippen LogP contribution in [-0.4, -0.2) is 41.0 Å². The molecule has 0 aliphatic carbocycles. The van der Waals surface area contributed by atoms with Gasteiger partial charge in [-0.3, -0.25) is 14.8 Å². The van der Waals surface area contributed by atoms with Gasteiger partial charge in [-0.05, 0) is 29.3 Å². The summed E-state index contributed by atoms with van der Waals surface area (Å²) in [5.41, 5.74) is 3.38. The molecule has 0 aromatic carbocycles. The minimum absolute atomic E-state index is 0.553. The fourth-order valence-corrected chi connectivity index (χ4v) is 3.96. The van der Waals surface area contributed by atoms with E-state index >= 15 is 0 Å². The first-order chi connectivity index (χ1) is 9.33. The van der Waals surface area contributed by atoms with Crippen LogP contribution in [0.2, 0.25) is 0 Å². The van der Waals surface area contributed by atoms with E-state index in [1.165, 1.54) is 10.4 Å². The highest BCUT2D eigenvalue weighted by atomic mass is 32.1. The Balaban J connectivity index is 1.52. The van der Waals surface area contributed by atoms with Crippen LogP contribution in [0.15, 0.2) is 28.5 Å². The SMILES string of the molecule is C[C@H](c1ccsc1)N1CCN(Cc2cncs2)CC1. The smallest absolute Gasteiger partial charge is 0.0794 e. The fourth-order valence-electron chi connectivity index (χ4n) is 2.57. The Kier molecular flexibility index (Phi) is 4.28. The molecule has 1 saturated heterocycles. The molecule has 1 atom stereocenters. The van der Waals surface area contributed by atoms with E-state index in [2.05, 4.69) is 38.5 Å². The molecular formula is C14H19N3S2. The van der Waals surface area contributed by atoms with Crippen LogP contribution in [0.25, 0.3) is 0 Å². The van der Waals surface area contributed by atoms with Crippen molar-refractivity contribution in [3.05, 3.63) is 39.0 Å². The molecule has 1 aliphatic rings. The summed E-state index contributed by atoms with van der Waals surface area (Å²) in [4.78, 5) is 10.6. The van der Waals surface area contributed by atoms with Crippen LogP contribution in [0.3, 0.4) is 0 Å². The molecule has 3 heterocycles. The van der Waals surface area contributed by atoms with Crippen LogP contribution < -0.4 is 0 Å². The van der Waals surface area contributed by atoms with Gasteiger partial charge in [-0.2, -0.15) is 11.3 Å². The highest BCUT2D eigenvalue weighted by Gasteiger charge is 2.22. The standard InChI is InChI=1S/C14H19N3S2/c1-12(13-2-7-18-10-13)17-5-3-16(4-6-17)9-14-8-15-11-19-14/h2,7-8,10-12H,3-6,9H2,1H3/t12-/m1/s1. The summed E-state index contributed by atoms with van der Waals surface area (Å²) in [5.74, 6) is 0. The minimum atomic E-state index is 0.553. The Labute approximate surface area is 122 Å². The molecule has 102 valence electrons. The number of hydrogen-bond acceptors (Lipinski definition) is 5. The Morgan fingerprint density at radius 3 is 2.79 bits per heavy atom. The maximum Gasteiger partial charge on any atom is 0.0794 e.